The minimum absolute atomic E-state index is 0.106. The molecule has 3 aromatic rings. The SMILES string of the molecule is CCc1nc2c(c(OC(C)C)c(C(=O)NCCN3CCCC3=O)n2C)c(=O)n1Cc1cccc(Cl)c1. The lowest BCUT2D eigenvalue weighted by molar-refractivity contribution is -0.127. The number of nitrogens with zero attached hydrogens (tertiary/aromatic N) is 4. The third-order valence-corrected chi connectivity index (χ3v) is 6.51. The molecule has 1 saturated heterocycles. The predicted molar refractivity (Wildman–Crippen MR) is 139 cm³/mol. The summed E-state index contributed by atoms with van der Waals surface area (Å²) in [6, 6.07) is 7.35. The Kier molecular flexibility index (Phi) is 7.68. The van der Waals surface area contributed by atoms with E-state index in [0.717, 1.165) is 12.0 Å². The number of benzene rings is 1. The van der Waals surface area contributed by atoms with Crippen LogP contribution in [0.25, 0.3) is 11.0 Å². The number of carbonyl (C=O) groups excluding carboxylic acids is 2. The number of ether oxygens (including phenoxy) is 1. The van der Waals surface area contributed by atoms with Crippen molar-refractivity contribution in [2.24, 2.45) is 7.05 Å². The molecule has 0 unspecified atom stereocenters. The molecule has 10 heteroatoms. The van der Waals surface area contributed by atoms with Gasteiger partial charge in [-0.05, 0) is 38.0 Å². The number of rotatable bonds is 9. The molecule has 192 valence electrons. The van der Waals surface area contributed by atoms with Gasteiger partial charge in [-0.15, -0.1) is 0 Å². The van der Waals surface area contributed by atoms with Gasteiger partial charge in [-0.25, -0.2) is 4.98 Å². The number of carbonyl (C=O) groups is 2. The largest absolute Gasteiger partial charge is 0.488 e. The maximum absolute atomic E-state index is 13.8. The van der Waals surface area contributed by atoms with Gasteiger partial charge in [0.15, 0.2) is 17.1 Å². The first-order valence-electron chi connectivity index (χ1n) is 12.3. The van der Waals surface area contributed by atoms with Crippen LogP contribution >= 0.6 is 11.6 Å². The Hall–Kier alpha value is -3.33. The number of fused-ring (bicyclic) bond motifs is 1. The Morgan fingerprint density at radius 2 is 2.06 bits per heavy atom. The van der Waals surface area contributed by atoms with Gasteiger partial charge >= 0.3 is 0 Å². The van der Waals surface area contributed by atoms with Crippen molar-refractivity contribution in [3.63, 3.8) is 0 Å². The molecule has 1 fully saturated rings. The maximum Gasteiger partial charge on any atom is 0.271 e. The summed E-state index contributed by atoms with van der Waals surface area (Å²) in [6.45, 7) is 7.38. The minimum Gasteiger partial charge on any atom is -0.488 e. The summed E-state index contributed by atoms with van der Waals surface area (Å²) in [5.74, 6) is 0.548. The van der Waals surface area contributed by atoms with Crippen LogP contribution in [-0.4, -0.2) is 56.6 Å². The van der Waals surface area contributed by atoms with Crippen molar-refractivity contribution in [3.8, 4) is 5.75 Å². The number of amides is 2. The molecule has 0 spiro atoms. The maximum atomic E-state index is 13.8. The lowest BCUT2D eigenvalue weighted by atomic mass is 10.2. The summed E-state index contributed by atoms with van der Waals surface area (Å²) in [7, 11) is 1.71. The molecule has 0 saturated carbocycles. The third kappa shape index (κ3) is 5.11. The quantitative estimate of drug-likeness (QED) is 0.474. The fourth-order valence-corrected chi connectivity index (χ4v) is 4.80. The van der Waals surface area contributed by atoms with Crippen LogP contribution in [0, 0.1) is 0 Å². The highest BCUT2D eigenvalue weighted by Gasteiger charge is 2.28. The Labute approximate surface area is 215 Å². The molecule has 2 amide bonds. The molecule has 0 radical (unpaired) electrons. The Bertz CT molecular complexity index is 1360. The van der Waals surface area contributed by atoms with Crippen molar-refractivity contribution in [1.82, 2.24) is 24.3 Å². The highest BCUT2D eigenvalue weighted by molar-refractivity contribution is 6.30. The van der Waals surface area contributed by atoms with Gasteiger partial charge in [-0.2, -0.15) is 0 Å². The molecule has 9 nitrogen and oxygen atoms in total. The first-order chi connectivity index (χ1) is 17.2. The first kappa shape index (κ1) is 25.8. The van der Waals surface area contributed by atoms with Crippen molar-refractivity contribution < 1.29 is 14.3 Å². The number of hydrogen-bond acceptors (Lipinski definition) is 5. The second kappa shape index (κ2) is 10.7. The van der Waals surface area contributed by atoms with Crippen molar-refractivity contribution in [1.29, 1.82) is 0 Å². The third-order valence-electron chi connectivity index (χ3n) is 6.28. The minimum atomic E-state index is -0.378. The summed E-state index contributed by atoms with van der Waals surface area (Å²) in [6.07, 6.45) is 1.66. The number of aryl methyl sites for hydroxylation is 2. The average Bonchev–Trinajstić information content (AvgIpc) is 3.35. The fraction of sp³-hybridized carbons (Fsp3) is 0.462. The molecule has 0 bridgehead atoms. The van der Waals surface area contributed by atoms with Crippen LogP contribution in [0.15, 0.2) is 29.1 Å². The van der Waals surface area contributed by atoms with Gasteiger partial charge in [-0.3, -0.25) is 19.0 Å². The van der Waals surface area contributed by atoms with Gasteiger partial charge < -0.3 is 19.5 Å². The predicted octanol–water partition coefficient (Wildman–Crippen LogP) is 3.14. The van der Waals surface area contributed by atoms with Crippen LogP contribution in [0.1, 0.15) is 55.5 Å². The Balaban J connectivity index is 1.75. The molecule has 1 N–H and O–H groups in total. The fourth-order valence-electron chi connectivity index (χ4n) is 4.59. The van der Waals surface area contributed by atoms with E-state index in [4.69, 9.17) is 21.3 Å². The summed E-state index contributed by atoms with van der Waals surface area (Å²) in [4.78, 5) is 45.5. The van der Waals surface area contributed by atoms with Gasteiger partial charge in [0.05, 0.1) is 12.6 Å². The van der Waals surface area contributed by atoms with Gasteiger partial charge in [0, 0.05) is 44.5 Å². The van der Waals surface area contributed by atoms with E-state index in [1.807, 2.05) is 39.0 Å². The van der Waals surface area contributed by atoms with Crippen LogP contribution in [0.3, 0.4) is 0 Å². The van der Waals surface area contributed by atoms with E-state index in [2.05, 4.69) is 5.32 Å². The van der Waals surface area contributed by atoms with Gasteiger partial charge in [-0.1, -0.05) is 30.7 Å². The Morgan fingerprint density at radius 1 is 1.28 bits per heavy atom. The molecule has 0 aliphatic carbocycles. The second-order valence-corrected chi connectivity index (χ2v) is 9.68. The zero-order chi connectivity index (χ0) is 26.0. The van der Waals surface area contributed by atoms with Gasteiger partial charge in [0.2, 0.25) is 5.91 Å². The topological polar surface area (TPSA) is 98.5 Å². The van der Waals surface area contributed by atoms with Crippen LogP contribution in [0.5, 0.6) is 5.75 Å². The molecule has 1 aliphatic rings. The summed E-state index contributed by atoms with van der Waals surface area (Å²) in [5.41, 5.74) is 1.23. The lowest BCUT2D eigenvalue weighted by Crippen LogP contribution is -2.36. The molecular weight excluding hydrogens is 482 g/mol. The first-order valence-corrected chi connectivity index (χ1v) is 12.7. The average molecular weight is 514 g/mol. The number of aromatic nitrogens is 3. The Morgan fingerprint density at radius 3 is 2.69 bits per heavy atom. The number of hydrogen-bond donors (Lipinski definition) is 1. The highest BCUT2D eigenvalue weighted by Crippen LogP contribution is 2.31. The van der Waals surface area contributed by atoms with E-state index in [-0.39, 0.29) is 40.3 Å². The smallest absolute Gasteiger partial charge is 0.271 e. The van der Waals surface area contributed by atoms with Crippen LogP contribution in [0.4, 0.5) is 0 Å². The molecule has 2 aromatic heterocycles. The second-order valence-electron chi connectivity index (χ2n) is 9.25. The standard InChI is InChI=1S/C26H32ClN5O4/c1-5-19-29-24-21(26(35)32(19)15-17-8-6-9-18(27)14-17)23(36-16(2)3)22(30(24)4)25(34)28-11-13-31-12-7-10-20(31)33/h6,8-9,14,16H,5,7,10-13,15H2,1-4H3,(H,28,34). The van der Waals surface area contributed by atoms with Crippen LogP contribution in [0.2, 0.25) is 5.02 Å². The number of halogens is 1. The van der Waals surface area contributed by atoms with Crippen LogP contribution < -0.4 is 15.6 Å². The number of likely N-dealkylation sites (tertiary alicyclic amines) is 1. The van der Waals surface area contributed by atoms with Gasteiger partial charge in [0.25, 0.3) is 11.5 Å². The van der Waals surface area contributed by atoms with Crippen molar-refractivity contribution in [2.75, 3.05) is 19.6 Å². The summed E-state index contributed by atoms with van der Waals surface area (Å²) < 4.78 is 9.29. The summed E-state index contributed by atoms with van der Waals surface area (Å²) >= 11 is 6.16. The number of nitrogens with one attached hydrogen (secondary N) is 1. The highest BCUT2D eigenvalue weighted by atomic mass is 35.5. The normalized spacial score (nSPS) is 13.7. The van der Waals surface area contributed by atoms with E-state index in [9.17, 15) is 14.4 Å². The van der Waals surface area contributed by atoms with Crippen LogP contribution in [-0.2, 0) is 24.8 Å². The molecule has 1 aromatic carbocycles. The molecule has 36 heavy (non-hydrogen) atoms. The lowest BCUT2D eigenvalue weighted by Gasteiger charge is -2.16. The van der Waals surface area contributed by atoms with E-state index in [0.29, 0.717) is 55.5 Å². The van der Waals surface area contributed by atoms with Gasteiger partial charge in [0.1, 0.15) is 11.2 Å². The van der Waals surface area contributed by atoms with E-state index >= 15 is 0 Å². The van der Waals surface area contributed by atoms with E-state index < -0.39 is 0 Å². The molecule has 1 aliphatic heterocycles. The molecule has 0 atom stereocenters. The van der Waals surface area contributed by atoms with Crippen molar-refractivity contribution >= 4 is 34.4 Å². The zero-order valence-electron chi connectivity index (χ0n) is 21.1. The van der Waals surface area contributed by atoms with Crippen molar-refractivity contribution in [3.05, 3.63) is 56.7 Å². The zero-order valence-corrected chi connectivity index (χ0v) is 21.9. The molecule has 3 heterocycles. The van der Waals surface area contributed by atoms with E-state index in [1.165, 1.54) is 0 Å². The summed E-state index contributed by atoms with van der Waals surface area (Å²) in [5, 5.41) is 3.74. The van der Waals surface area contributed by atoms with E-state index in [1.54, 1.807) is 27.1 Å². The monoisotopic (exact) mass is 513 g/mol. The molecular formula is C26H32ClN5O4. The molecule has 4 rings (SSSR count). The van der Waals surface area contributed by atoms with Crippen molar-refractivity contribution in [2.45, 2.75) is 52.7 Å².